The number of hydrogen-bond acceptors (Lipinski definition) is 2. The molecular weight excluding hydrogens is 168 g/mol. The summed E-state index contributed by atoms with van der Waals surface area (Å²) in [7, 11) is 0. The van der Waals surface area contributed by atoms with Gasteiger partial charge in [-0.1, -0.05) is 0 Å². The van der Waals surface area contributed by atoms with Crippen molar-refractivity contribution in [1.82, 2.24) is 15.3 Å². The van der Waals surface area contributed by atoms with Crippen molar-refractivity contribution in [3.8, 4) is 0 Å². The van der Waals surface area contributed by atoms with Gasteiger partial charge in [0, 0.05) is 12.4 Å². The number of amides is 1. The first-order valence-corrected chi connectivity index (χ1v) is 3.24. The Bertz CT molecular complexity index is 247. The van der Waals surface area contributed by atoms with Crippen molar-refractivity contribution in [2.45, 2.75) is 13.0 Å². The Morgan fingerprint density at radius 1 is 1.75 bits per heavy atom. The zero-order valence-corrected chi connectivity index (χ0v) is 6.05. The molecule has 66 valence electrons. The first-order valence-electron chi connectivity index (χ1n) is 3.24. The first kappa shape index (κ1) is 8.63. The van der Waals surface area contributed by atoms with Crippen LogP contribution in [0.2, 0.25) is 0 Å². The van der Waals surface area contributed by atoms with E-state index in [2.05, 4.69) is 9.97 Å². The van der Waals surface area contributed by atoms with Crippen LogP contribution < -0.4 is 5.32 Å². The summed E-state index contributed by atoms with van der Waals surface area (Å²) in [6, 6.07) is 0. The van der Waals surface area contributed by atoms with Crippen LogP contribution in [0.4, 0.5) is 8.78 Å². The summed E-state index contributed by atoms with van der Waals surface area (Å²) in [6.45, 7) is -0.00380. The van der Waals surface area contributed by atoms with E-state index in [4.69, 9.17) is 0 Å². The van der Waals surface area contributed by atoms with Crippen LogP contribution in [0.3, 0.4) is 0 Å². The van der Waals surface area contributed by atoms with E-state index >= 15 is 0 Å². The smallest absolute Gasteiger partial charge is 0.315 e. The number of H-pyrrole nitrogens is 1. The third-order valence-corrected chi connectivity index (χ3v) is 1.18. The second-order valence-electron chi connectivity index (χ2n) is 2.05. The van der Waals surface area contributed by atoms with Crippen molar-refractivity contribution < 1.29 is 13.6 Å². The molecule has 0 radical (unpaired) electrons. The van der Waals surface area contributed by atoms with Gasteiger partial charge in [-0.2, -0.15) is 8.78 Å². The van der Waals surface area contributed by atoms with Crippen molar-refractivity contribution in [2.75, 3.05) is 0 Å². The standard InChI is InChI=1S/C6H7F2N3O/c7-5(8)6(12)11-3-4-9-1-2-10-4/h1-2,5H,3H2,(H,9,10)(H,11,12). The highest BCUT2D eigenvalue weighted by Crippen LogP contribution is 1.92. The lowest BCUT2D eigenvalue weighted by molar-refractivity contribution is -0.131. The van der Waals surface area contributed by atoms with Gasteiger partial charge in [-0.15, -0.1) is 0 Å². The molecule has 1 rings (SSSR count). The van der Waals surface area contributed by atoms with Crippen LogP contribution in [-0.2, 0) is 11.3 Å². The summed E-state index contributed by atoms with van der Waals surface area (Å²) in [5.41, 5.74) is 0. The van der Waals surface area contributed by atoms with Crippen molar-refractivity contribution >= 4 is 5.91 Å². The average molecular weight is 175 g/mol. The van der Waals surface area contributed by atoms with Gasteiger partial charge in [-0.05, 0) is 0 Å². The van der Waals surface area contributed by atoms with Gasteiger partial charge in [0.1, 0.15) is 5.82 Å². The predicted molar refractivity (Wildman–Crippen MR) is 36.4 cm³/mol. The van der Waals surface area contributed by atoms with Gasteiger partial charge in [-0.3, -0.25) is 4.79 Å². The van der Waals surface area contributed by atoms with Gasteiger partial charge in [0.15, 0.2) is 0 Å². The maximum Gasteiger partial charge on any atom is 0.315 e. The SMILES string of the molecule is O=C(NCc1ncc[nH]1)C(F)F. The van der Waals surface area contributed by atoms with E-state index in [1.54, 1.807) is 6.20 Å². The predicted octanol–water partition coefficient (Wildman–Crippen LogP) is 0.291. The van der Waals surface area contributed by atoms with Gasteiger partial charge < -0.3 is 10.3 Å². The number of halogens is 2. The minimum Gasteiger partial charge on any atom is -0.347 e. The van der Waals surface area contributed by atoms with E-state index in [1.165, 1.54) is 6.20 Å². The largest absolute Gasteiger partial charge is 0.347 e. The molecule has 12 heavy (non-hydrogen) atoms. The van der Waals surface area contributed by atoms with Gasteiger partial charge in [0.2, 0.25) is 0 Å². The Morgan fingerprint density at radius 2 is 2.50 bits per heavy atom. The molecule has 2 N–H and O–H groups in total. The number of nitrogens with one attached hydrogen (secondary N) is 2. The van der Waals surface area contributed by atoms with Crippen LogP contribution in [0.25, 0.3) is 0 Å². The van der Waals surface area contributed by atoms with Crippen LogP contribution in [0.1, 0.15) is 5.82 Å². The molecule has 1 amide bonds. The Morgan fingerprint density at radius 3 is 3.00 bits per heavy atom. The lowest BCUT2D eigenvalue weighted by Gasteiger charge is -2.00. The van der Waals surface area contributed by atoms with Crippen LogP contribution >= 0.6 is 0 Å². The normalized spacial score (nSPS) is 10.2. The third kappa shape index (κ3) is 2.30. The van der Waals surface area contributed by atoms with Crippen LogP contribution in [-0.4, -0.2) is 22.3 Å². The van der Waals surface area contributed by atoms with Crippen molar-refractivity contribution in [1.29, 1.82) is 0 Å². The molecule has 1 aromatic heterocycles. The number of nitrogens with zero attached hydrogens (tertiary/aromatic N) is 1. The maximum absolute atomic E-state index is 11.6. The van der Waals surface area contributed by atoms with Gasteiger partial charge in [0.25, 0.3) is 5.91 Å². The molecule has 0 saturated heterocycles. The Hall–Kier alpha value is -1.46. The topological polar surface area (TPSA) is 57.8 Å². The maximum atomic E-state index is 11.6. The monoisotopic (exact) mass is 175 g/mol. The fourth-order valence-corrected chi connectivity index (χ4v) is 0.643. The highest BCUT2D eigenvalue weighted by Gasteiger charge is 2.14. The lowest BCUT2D eigenvalue weighted by atomic mass is 10.5. The number of rotatable bonds is 3. The molecule has 0 atom stereocenters. The fourth-order valence-electron chi connectivity index (χ4n) is 0.643. The molecule has 0 saturated carbocycles. The van der Waals surface area contributed by atoms with Crippen molar-refractivity contribution in [3.05, 3.63) is 18.2 Å². The van der Waals surface area contributed by atoms with E-state index in [0.29, 0.717) is 5.82 Å². The number of aromatic nitrogens is 2. The molecule has 1 heterocycles. The number of imidazole rings is 1. The summed E-state index contributed by atoms with van der Waals surface area (Å²) >= 11 is 0. The zero-order valence-electron chi connectivity index (χ0n) is 6.05. The second-order valence-corrected chi connectivity index (χ2v) is 2.05. The van der Waals surface area contributed by atoms with Gasteiger partial charge >= 0.3 is 6.43 Å². The molecule has 6 heteroatoms. The first-order chi connectivity index (χ1) is 5.70. The van der Waals surface area contributed by atoms with Gasteiger partial charge in [0.05, 0.1) is 6.54 Å². The van der Waals surface area contributed by atoms with Crippen LogP contribution in [0.15, 0.2) is 12.4 Å². The molecule has 0 bridgehead atoms. The van der Waals surface area contributed by atoms with Crippen molar-refractivity contribution in [2.24, 2.45) is 0 Å². The van der Waals surface area contributed by atoms with Crippen molar-refractivity contribution in [3.63, 3.8) is 0 Å². The third-order valence-electron chi connectivity index (χ3n) is 1.18. The number of alkyl halides is 2. The summed E-state index contributed by atoms with van der Waals surface area (Å²) < 4.78 is 23.2. The van der Waals surface area contributed by atoms with E-state index in [-0.39, 0.29) is 6.54 Å². The number of carbonyl (C=O) groups is 1. The average Bonchev–Trinajstić information content (AvgIpc) is 2.51. The van der Waals surface area contributed by atoms with Gasteiger partial charge in [-0.25, -0.2) is 4.98 Å². The molecule has 0 fully saturated rings. The summed E-state index contributed by atoms with van der Waals surface area (Å²) in [5.74, 6) is -0.838. The quantitative estimate of drug-likeness (QED) is 0.693. The summed E-state index contributed by atoms with van der Waals surface area (Å²) in [4.78, 5) is 16.7. The zero-order chi connectivity index (χ0) is 8.97. The van der Waals surface area contributed by atoms with Crippen LogP contribution in [0, 0.1) is 0 Å². The lowest BCUT2D eigenvalue weighted by Crippen LogP contribution is -2.29. The molecule has 0 spiro atoms. The Kier molecular flexibility index (Phi) is 2.73. The molecule has 0 aliphatic carbocycles. The number of carbonyl (C=O) groups excluding carboxylic acids is 1. The molecule has 0 aliphatic rings. The highest BCUT2D eigenvalue weighted by atomic mass is 19.3. The number of aromatic amines is 1. The number of hydrogen-bond donors (Lipinski definition) is 2. The summed E-state index contributed by atoms with van der Waals surface area (Å²) in [6.07, 6.45) is 0.0493. The Balaban J connectivity index is 2.32. The molecule has 0 aliphatic heterocycles. The highest BCUT2D eigenvalue weighted by molar-refractivity contribution is 5.78. The van der Waals surface area contributed by atoms with Crippen LogP contribution in [0.5, 0.6) is 0 Å². The second kappa shape index (κ2) is 3.80. The summed E-state index contributed by atoms with van der Waals surface area (Å²) in [5, 5.41) is 2.00. The molecule has 1 aromatic rings. The van der Waals surface area contributed by atoms with E-state index in [9.17, 15) is 13.6 Å². The fraction of sp³-hybridized carbons (Fsp3) is 0.333. The van der Waals surface area contributed by atoms with E-state index in [1.807, 2.05) is 5.32 Å². The minimum atomic E-state index is -2.97. The van der Waals surface area contributed by atoms with E-state index < -0.39 is 12.3 Å². The molecule has 0 aromatic carbocycles. The Labute approximate surface area is 67.0 Å². The van der Waals surface area contributed by atoms with E-state index in [0.717, 1.165) is 0 Å². The molecule has 0 unspecified atom stereocenters. The minimum absolute atomic E-state index is 0.00380. The molecular formula is C6H7F2N3O. The molecule has 4 nitrogen and oxygen atoms in total.